The highest BCUT2D eigenvalue weighted by Crippen LogP contribution is 2.36. The van der Waals surface area contributed by atoms with Crippen molar-refractivity contribution in [3.05, 3.63) is 0 Å². The number of halogens is 3. The van der Waals surface area contributed by atoms with E-state index in [1.54, 1.807) is 20.8 Å². The zero-order valence-corrected chi connectivity index (χ0v) is 17.8. The van der Waals surface area contributed by atoms with Gasteiger partial charge in [0, 0.05) is 19.6 Å². The van der Waals surface area contributed by atoms with Crippen LogP contribution in [-0.4, -0.2) is 84.4 Å². The summed E-state index contributed by atoms with van der Waals surface area (Å²) in [5.74, 6) is -1.48. The van der Waals surface area contributed by atoms with Gasteiger partial charge in [-0.3, -0.25) is 19.4 Å². The normalized spacial score (nSPS) is 25.8. The third-order valence-corrected chi connectivity index (χ3v) is 4.91. The molecule has 2 aliphatic heterocycles. The fraction of sp³-hybridized carbons (Fsp3) is 0.842. The molecule has 2 atom stereocenters. The lowest BCUT2D eigenvalue weighted by atomic mass is 9.81. The second kappa shape index (κ2) is 9.09. The maximum absolute atomic E-state index is 13.0. The van der Waals surface area contributed by atoms with E-state index in [4.69, 9.17) is 9.47 Å². The number of hydrogen-bond donors (Lipinski definition) is 1. The van der Waals surface area contributed by atoms with Gasteiger partial charge in [0.1, 0.15) is 18.1 Å². The highest BCUT2D eigenvalue weighted by molar-refractivity contribution is 5.85. The highest BCUT2D eigenvalue weighted by atomic mass is 19.4. The molecule has 0 aliphatic carbocycles. The highest BCUT2D eigenvalue weighted by Gasteiger charge is 2.48. The number of piperidine rings is 1. The van der Waals surface area contributed by atoms with Crippen molar-refractivity contribution in [2.45, 2.75) is 57.9 Å². The van der Waals surface area contributed by atoms with Crippen molar-refractivity contribution >= 4 is 17.8 Å². The van der Waals surface area contributed by atoms with Crippen LogP contribution in [0.1, 0.15) is 40.5 Å². The number of likely N-dealkylation sites (tertiary alicyclic amines) is 1. The molecule has 1 spiro atoms. The maximum Gasteiger partial charge on any atom is 0.412 e. The van der Waals surface area contributed by atoms with Crippen LogP contribution in [-0.2, 0) is 19.1 Å². The Morgan fingerprint density at radius 1 is 1.23 bits per heavy atom. The Bertz CT molecular complexity index is 655. The quantitative estimate of drug-likeness (QED) is 0.723. The number of ketones is 1. The average molecular weight is 437 g/mol. The van der Waals surface area contributed by atoms with Gasteiger partial charge in [-0.1, -0.05) is 0 Å². The summed E-state index contributed by atoms with van der Waals surface area (Å²) in [5.41, 5.74) is -1.67. The van der Waals surface area contributed by atoms with Crippen molar-refractivity contribution in [2.24, 2.45) is 5.92 Å². The summed E-state index contributed by atoms with van der Waals surface area (Å²) in [4.78, 5) is 38.3. The second-order valence-corrected chi connectivity index (χ2v) is 9.06. The van der Waals surface area contributed by atoms with Crippen LogP contribution in [0.3, 0.4) is 0 Å². The fourth-order valence-electron chi connectivity index (χ4n) is 3.71. The molecule has 172 valence electrons. The Labute approximate surface area is 174 Å². The fourth-order valence-corrected chi connectivity index (χ4v) is 3.71. The van der Waals surface area contributed by atoms with Gasteiger partial charge in [-0.05, 0) is 40.5 Å². The summed E-state index contributed by atoms with van der Waals surface area (Å²) < 4.78 is 50.2. The molecule has 2 rings (SSSR count). The van der Waals surface area contributed by atoms with E-state index in [1.165, 1.54) is 11.8 Å². The predicted molar refractivity (Wildman–Crippen MR) is 101 cm³/mol. The number of nitrogens with zero attached hydrogens (tertiary/aromatic N) is 2. The molecular weight excluding hydrogens is 407 g/mol. The van der Waals surface area contributed by atoms with Gasteiger partial charge in [-0.15, -0.1) is 0 Å². The molecule has 0 aromatic carbocycles. The number of ether oxygens (including phenoxy) is 2. The van der Waals surface area contributed by atoms with Crippen molar-refractivity contribution in [1.82, 2.24) is 15.1 Å². The number of carbonyl (C=O) groups is 3. The van der Waals surface area contributed by atoms with E-state index in [9.17, 15) is 27.6 Å². The van der Waals surface area contributed by atoms with Crippen molar-refractivity contribution < 1.29 is 37.0 Å². The summed E-state index contributed by atoms with van der Waals surface area (Å²) in [5, 5.41) is 2.47. The summed E-state index contributed by atoms with van der Waals surface area (Å²) in [7, 11) is 0. The first-order valence-corrected chi connectivity index (χ1v) is 9.86. The predicted octanol–water partition coefficient (Wildman–Crippen LogP) is 1.93. The van der Waals surface area contributed by atoms with Crippen LogP contribution in [0.25, 0.3) is 0 Å². The van der Waals surface area contributed by atoms with Gasteiger partial charge in [-0.2, -0.15) is 13.2 Å². The number of hydrogen-bond acceptors (Lipinski definition) is 6. The van der Waals surface area contributed by atoms with E-state index >= 15 is 0 Å². The van der Waals surface area contributed by atoms with Gasteiger partial charge in [0.15, 0.2) is 0 Å². The SMILES string of the molecule is CC(=O)CNC(=O)C1CN(CC(F)(F)F)CC2(CCN(C(=O)OC(C)(C)C)CO2)C1. The number of Topliss-reactive ketones (excluding diaryl/α,β-unsaturated/α-hetero) is 1. The molecule has 1 N–H and O–H groups in total. The number of nitrogens with one attached hydrogen (secondary N) is 1. The lowest BCUT2D eigenvalue weighted by molar-refractivity contribution is -0.194. The van der Waals surface area contributed by atoms with Crippen LogP contribution in [0.15, 0.2) is 0 Å². The second-order valence-electron chi connectivity index (χ2n) is 9.06. The molecule has 2 heterocycles. The molecule has 0 aromatic rings. The molecular formula is C19H30F3N3O5. The van der Waals surface area contributed by atoms with Crippen molar-refractivity contribution in [3.8, 4) is 0 Å². The molecule has 0 bridgehead atoms. The number of rotatable bonds is 4. The van der Waals surface area contributed by atoms with Crippen molar-refractivity contribution in [3.63, 3.8) is 0 Å². The van der Waals surface area contributed by atoms with Crippen molar-refractivity contribution in [1.29, 1.82) is 0 Å². The average Bonchev–Trinajstić information content (AvgIpc) is 2.56. The summed E-state index contributed by atoms with van der Waals surface area (Å²) >= 11 is 0. The van der Waals surface area contributed by atoms with Gasteiger partial charge < -0.3 is 14.8 Å². The zero-order valence-electron chi connectivity index (χ0n) is 17.8. The van der Waals surface area contributed by atoms with E-state index < -0.39 is 41.8 Å². The van der Waals surface area contributed by atoms with Crippen LogP contribution >= 0.6 is 0 Å². The lowest BCUT2D eigenvalue weighted by Gasteiger charge is -2.49. The zero-order chi connectivity index (χ0) is 22.7. The molecule has 0 saturated carbocycles. The molecule has 2 saturated heterocycles. The Balaban J connectivity index is 2.08. The standard InChI is InChI=1S/C19H30F3N3O5/c1-13(26)8-23-15(27)14-7-18(10-24(9-14)11-19(20,21)22)5-6-25(12-29-18)16(28)30-17(2,3)4/h14H,5-12H2,1-4H3,(H,23,27). The summed E-state index contributed by atoms with van der Waals surface area (Å²) in [6, 6.07) is 0. The minimum absolute atomic E-state index is 0.00512. The largest absolute Gasteiger partial charge is 0.444 e. The number of carbonyl (C=O) groups excluding carboxylic acids is 3. The van der Waals surface area contributed by atoms with Crippen LogP contribution in [0, 0.1) is 5.92 Å². The number of alkyl halides is 3. The molecule has 2 fully saturated rings. The molecule has 8 nitrogen and oxygen atoms in total. The first-order chi connectivity index (χ1) is 13.7. The minimum atomic E-state index is -4.42. The Morgan fingerprint density at radius 3 is 2.40 bits per heavy atom. The summed E-state index contributed by atoms with van der Waals surface area (Å²) in [6.07, 6.45) is -4.49. The summed E-state index contributed by atoms with van der Waals surface area (Å²) in [6.45, 7) is 5.22. The molecule has 2 amide bonds. The Morgan fingerprint density at radius 2 is 1.90 bits per heavy atom. The van der Waals surface area contributed by atoms with E-state index in [2.05, 4.69) is 5.32 Å². The molecule has 11 heteroatoms. The molecule has 2 aliphatic rings. The van der Waals surface area contributed by atoms with E-state index in [0.717, 1.165) is 4.90 Å². The molecule has 2 unspecified atom stereocenters. The van der Waals surface area contributed by atoms with Crippen molar-refractivity contribution in [2.75, 3.05) is 39.5 Å². The van der Waals surface area contributed by atoms with Crippen LogP contribution in [0.5, 0.6) is 0 Å². The number of amides is 2. The lowest BCUT2D eigenvalue weighted by Crippen LogP contribution is -2.61. The van der Waals surface area contributed by atoms with E-state index in [1.807, 2.05) is 0 Å². The minimum Gasteiger partial charge on any atom is -0.444 e. The Hall–Kier alpha value is -1.88. The molecule has 0 radical (unpaired) electrons. The van der Waals surface area contributed by atoms with Crippen LogP contribution in [0.4, 0.5) is 18.0 Å². The van der Waals surface area contributed by atoms with Gasteiger partial charge >= 0.3 is 12.3 Å². The van der Waals surface area contributed by atoms with E-state index in [-0.39, 0.29) is 51.5 Å². The molecule has 30 heavy (non-hydrogen) atoms. The first kappa shape index (κ1) is 24.4. The van der Waals surface area contributed by atoms with Gasteiger partial charge in [0.25, 0.3) is 0 Å². The Kier molecular flexibility index (Phi) is 7.39. The monoisotopic (exact) mass is 437 g/mol. The van der Waals surface area contributed by atoms with Gasteiger partial charge in [0.2, 0.25) is 5.91 Å². The third kappa shape index (κ3) is 7.42. The van der Waals surface area contributed by atoms with E-state index in [0.29, 0.717) is 0 Å². The maximum atomic E-state index is 13.0. The smallest absolute Gasteiger partial charge is 0.412 e. The first-order valence-electron chi connectivity index (χ1n) is 9.86. The third-order valence-electron chi connectivity index (χ3n) is 4.91. The van der Waals surface area contributed by atoms with Crippen LogP contribution in [0.2, 0.25) is 0 Å². The topological polar surface area (TPSA) is 88.2 Å². The van der Waals surface area contributed by atoms with Gasteiger partial charge in [0.05, 0.1) is 24.6 Å². The van der Waals surface area contributed by atoms with Gasteiger partial charge in [-0.25, -0.2) is 4.79 Å². The molecule has 0 aromatic heterocycles. The van der Waals surface area contributed by atoms with Crippen LogP contribution < -0.4 is 5.32 Å².